The average Bonchev–Trinajstić information content (AvgIpc) is 2.37. The molecule has 0 saturated carbocycles. The zero-order chi connectivity index (χ0) is 15.6. The highest BCUT2D eigenvalue weighted by molar-refractivity contribution is 9.10. The molecule has 1 aromatic rings. The smallest absolute Gasteiger partial charge is 0.251 e. The molecule has 2 rings (SSSR count). The Kier molecular flexibility index (Phi) is 5.06. The van der Waals surface area contributed by atoms with E-state index in [0.29, 0.717) is 31.5 Å². The van der Waals surface area contributed by atoms with Crippen LogP contribution in [0.5, 0.6) is 0 Å². The van der Waals surface area contributed by atoms with Crippen molar-refractivity contribution in [2.75, 3.05) is 19.3 Å². The molecule has 1 aliphatic heterocycles. The number of piperidine rings is 1. The van der Waals surface area contributed by atoms with Gasteiger partial charge in [0.2, 0.25) is 10.0 Å². The number of carbonyl (C=O) groups is 1. The van der Waals surface area contributed by atoms with Gasteiger partial charge in [0, 0.05) is 29.2 Å². The van der Waals surface area contributed by atoms with Crippen molar-refractivity contribution in [3.8, 4) is 0 Å². The minimum Gasteiger partial charge on any atom is -0.349 e. The monoisotopic (exact) mass is 374 g/mol. The van der Waals surface area contributed by atoms with Crippen molar-refractivity contribution in [2.45, 2.75) is 25.8 Å². The van der Waals surface area contributed by atoms with Gasteiger partial charge in [0.1, 0.15) is 0 Å². The topological polar surface area (TPSA) is 66.5 Å². The van der Waals surface area contributed by atoms with Gasteiger partial charge in [0.15, 0.2) is 0 Å². The van der Waals surface area contributed by atoms with Gasteiger partial charge < -0.3 is 5.32 Å². The molecule has 1 aliphatic rings. The summed E-state index contributed by atoms with van der Waals surface area (Å²) in [5.74, 6) is -0.114. The molecule has 21 heavy (non-hydrogen) atoms. The number of benzene rings is 1. The summed E-state index contributed by atoms with van der Waals surface area (Å²) >= 11 is 3.38. The lowest BCUT2D eigenvalue weighted by molar-refractivity contribution is 0.0923. The SMILES string of the molecule is Cc1cc(Br)cc(C(=O)NC2CCN(S(C)(=O)=O)CC2)c1. The zero-order valence-corrected chi connectivity index (χ0v) is 14.5. The van der Waals surface area contributed by atoms with E-state index in [0.717, 1.165) is 10.0 Å². The predicted octanol–water partition coefficient (Wildman–Crippen LogP) is 1.91. The Morgan fingerprint density at radius 3 is 2.43 bits per heavy atom. The summed E-state index contributed by atoms with van der Waals surface area (Å²) < 4.78 is 25.2. The maximum Gasteiger partial charge on any atom is 0.251 e. The lowest BCUT2D eigenvalue weighted by Gasteiger charge is -2.30. The molecule has 1 heterocycles. The number of amides is 1. The quantitative estimate of drug-likeness (QED) is 0.878. The van der Waals surface area contributed by atoms with E-state index in [9.17, 15) is 13.2 Å². The maximum atomic E-state index is 12.2. The van der Waals surface area contributed by atoms with Crippen LogP contribution >= 0.6 is 15.9 Å². The van der Waals surface area contributed by atoms with Gasteiger partial charge >= 0.3 is 0 Å². The Balaban J connectivity index is 1.96. The van der Waals surface area contributed by atoms with Crippen LogP contribution in [-0.4, -0.2) is 44.0 Å². The molecule has 0 aromatic heterocycles. The van der Waals surface area contributed by atoms with Crippen molar-refractivity contribution in [1.29, 1.82) is 0 Å². The second-order valence-corrected chi connectivity index (χ2v) is 8.33. The highest BCUT2D eigenvalue weighted by Crippen LogP contribution is 2.17. The second-order valence-electron chi connectivity index (χ2n) is 5.43. The molecule has 1 aromatic carbocycles. The van der Waals surface area contributed by atoms with Gasteiger partial charge in [-0.05, 0) is 43.5 Å². The minimum absolute atomic E-state index is 0.0230. The molecule has 1 N–H and O–H groups in total. The standard InChI is InChI=1S/C14H19BrN2O3S/c1-10-7-11(9-12(15)8-10)14(18)16-13-3-5-17(6-4-13)21(2,19)20/h7-9,13H,3-6H2,1-2H3,(H,16,18). The summed E-state index contributed by atoms with van der Waals surface area (Å²) in [6, 6.07) is 5.59. The van der Waals surface area contributed by atoms with Crippen molar-refractivity contribution >= 4 is 31.9 Å². The fraction of sp³-hybridized carbons (Fsp3) is 0.500. The van der Waals surface area contributed by atoms with Gasteiger partial charge in [-0.25, -0.2) is 12.7 Å². The van der Waals surface area contributed by atoms with E-state index < -0.39 is 10.0 Å². The molecule has 1 saturated heterocycles. The molecule has 0 radical (unpaired) electrons. The molecule has 1 amide bonds. The van der Waals surface area contributed by atoms with E-state index in [1.807, 2.05) is 19.1 Å². The van der Waals surface area contributed by atoms with E-state index in [2.05, 4.69) is 21.2 Å². The number of halogens is 1. The molecular weight excluding hydrogens is 356 g/mol. The molecule has 7 heteroatoms. The zero-order valence-electron chi connectivity index (χ0n) is 12.1. The van der Waals surface area contributed by atoms with Crippen LogP contribution < -0.4 is 5.32 Å². The van der Waals surface area contributed by atoms with Gasteiger partial charge in [-0.2, -0.15) is 0 Å². The van der Waals surface area contributed by atoms with Crippen LogP contribution in [0.4, 0.5) is 0 Å². The highest BCUT2D eigenvalue weighted by Gasteiger charge is 2.25. The number of hydrogen-bond acceptors (Lipinski definition) is 3. The van der Waals surface area contributed by atoms with Crippen LogP contribution in [0.2, 0.25) is 0 Å². The Morgan fingerprint density at radius 2 is 1.90 bits per heavy atom. The van der Waals surface area contributed by atoms with Crippen molar-refractivity contribution in [3.05, 3.63) is 33.8 Å². The van der Waals surface area contributed by atoms with Crippen LogP contribution in [0, 0.1) is 6.92 Å². The molecule has 116 valence electrons. The average molecular weight is 375 g/mol. The number of rotatable bonds is 3. The minimum atomic E-state index is -3.13. The maximum absolute atomic E-state index is 12.2. The van der Waals surface area contributed by atoms with Crippen molar-refractivity contribution < 1.29 is 13.2 Å². The number of carbonyl (C=O) groups excluding carboxylic acids is 1. The van der Waals surface area contributed by atoms with Crippen LogP contribution in [0.25, 0.3) is 0 Å². The van der Waals surface area contributed by atoms with E-state index in [1.54, 1.807) is 6.07 Å². The summed E-state index contributed by atoms with van der Waals surface area (Å²) in [6.45, 7) is 2.86. The number of nitrogens with zero attached hydrogens (tertiary/aromatic N) is 1. The Hall–Kier alpha value is -0.920. The summed E-state index contributed by atoms with van der Waals surface area (Å²) in [6.07, 6.45) is 2.51. The first-order chi connectivity index (χ1) is 9.75. The third-order valence-electron chi connectivity index (χ3n) is 3.56. The van der Waals surface area contributed by atoms with E-state index in [1.165, 1.54) is 10.6 Å². The normalized spacial score (nSPS) is 17.7. The van der Waals surface area contributed by atoms with Crippen LogP contribution in [0.15, 0.2) is 22.7 Å². The molecular formula is C14H19BrN2O3S. The van der Waals surface area contributed by atoms with Crippen molar-refractivity contribution in [3.63, 3.8) is 0 Å². The largest absolute Gasteiger partial charge is 0.349 e. The summed E-state index contributed by atoms with van der Waals surface area (Å²) in [7, 11) is -3.13. The number of nitrogens with one attached hydrogen (secondary N) is 1. The predicted molar refractivity (Wildman–Crippen MR) is 85.8 cm³/mol. The Labute approximate surface area is 133 Å². The lowest BCUT2D eigenvalue weighted by Crippen LogP contribution is -2.46. The van der Waals surface area contributed by atoms with E-state index in [-0.39, 0.29) is 11.9 Å². The second kappa shape index (κ2) is 6.46. The van der Waals surface area contributed by atoms with Gasteiger partial charge in [0.25, 0.3) is 5.91 Å². The first-order valence-electron chi connectivity index (χ1n) is 6.79. The van der Waals surface area contributed by atoms with Crippen molar-refractivity contribution in [1.82, 2.24) is 9.62 Å². The molecule has 1 fully saturated rings. The fourth-order valence-electron chi connectivity index (χ4n) is 2.47. The van der Waals surface area contributed by atoms with E-state index >= 15 is 0 Å². The molecule has 0 aliphatic carbocycles. The fourth-order valence-corrected chi connectivity index (χ4v) is 3.95. The van der Waals surface area contributed by atoms with Gasteiger partial charge in [-0.15, -0.1) is 0 Å². The van der Waals surface area contributed by atoms with Crippen LogP contribution in [-0.2, 0) is 10.0 Å². The summed E-state index contributed by atoms with van der Waals surface area (Å²) in [4.78, 5) is 12.2. The number of hydrogen-bond donors (Lipinski definition) is 1. The third kappa shape index (κ3) is 4.52. The van der Waals surface area contributed by atoms with Gasteiger partial charge in [0.05, 0.1) is 6.26 Å². The lowest BCUT2D eigenvalue weighted by atomic mass is 10.1. The molecule has 5 nitrogen and oxygen atoms in total. The number of sulfonamides is 1. The highest BCUT2D eigenvalue weighted by atomic mass is 79.9. The first kappa shape index (κ1) is 16.5. The molecule has 0 unspecified atom stereocenters. The van der Waals surface area contributed by atoms with Crippen LogP contribution in [0.1, 0.15) is 28.8 Å². The Morgan fingerprint density at radius 1 is 1.29 bits per heavy atom. The van der Waals surface area contributed by atoms with Crippen LogP contribution in [0.3, 0.4) is 0 Å². The Bertz CT molecular complexity index is 617. The molecule has 0 bridgehead atoms. The molecule has 0 spiro atoms. The van der Waals surface area contributed by atoms with Gasteiger partial charge in [-0.3, -0.25) is 4.79 Å². The first-order valence-corrected chi connectivity index (χ1v) is 9.43. The summed E-state index contributed by atoms with van der Waals surface area (Å²) in [5.41, 5.74) is 1.63. The van der Waals surface area contributed by atoms with E-state index in [4.69, 9.17) is 0 Å². The van der Waals surface area contributed by atoms with Gasteiger partial charge in [-0.1, -0.05) is 15.9 Å². The molecule has 0 atom stereocenters. The van der Waals surface area contributed by atoms with Crippen molar-refractivity contribution in [2.24, 2.45) is 0 Å². The third-order valence-corrected chi connectivity index (χ3v) is 5.32. The number of aryl methyl sites for hydroxylation is 1. The summed E-state index contributed by atoms with van der Waals surface area (Å²) in [5, 5.41) is 2.98.